The average Bonchev–Trinajstić information content (AvgIpc) is 2.68. The standard InChI is InChI=1S/C11H14FN3O/c12-9-3-1-2-4-10(9)14-11(16)15-6-5-8(13)7-15/h1-4,8H,5-7,13H2,(H,14,16)/t8-/m1/s1. The number of halogens is 1. The number of nitrogens with two attached hydrogens (primary N) is 1. The van der Waals surface area contributed by atoms with E-state index in [-0.39, 0.29) is 17.8 Å². The SMILES string of the molecule is N[C@@H]1CCN(C(=O)Nc2ccccc2F)C1. The van der Waals surface area contributed by atoms with Crippen LogP contribution in [-0.4, -0.2) is 30.1 Å². The van der Waals surface area contributed by atoms with Crippen LogP contribution in [0, 0.1) is 5.82 Å². The van der Waals surface area contributed by atoms with Gasteiger partial charge in [-0.15, -0.1) is 0 Å². The molecule has 0 aliphatic carbocycles. The molecule has 5 heteroatoms. The van der Waals surface area contributed by atoms with Gasteiger partial charge < -0.3 is 16.0 Å². The normalized spacial score (nSPS) is 19.9. The van der Waals surface area contributed by atoms with Gasteiger partial charge in [0.15, 0.2) is 0 Å². The van der Waals surface area contributed by atoms with E-state index in [0.29, 0.717) is 13.1 Å². The number of benzene rings is 1. The van der Waals surface area contributed by atoms with Crippen LogP contribution >= 0.6 is 0 Å². The summed E-state index contributed by atoms with van der Waals surface area (Å²) >= 11 is 0. The highest BCUT2D eigenvalue weighted by Gasteiger charge is 2.23. The van der Waals surface area contributed by atoms with E-state index >= 15 is 0 Å². The number of hydrogen-bond donors (Lipinski definition) is 2. The molecule has 0 aromatic heterocycles. The van der Waals surface area contributed by atoms with Crippen LogP contribution in [-0.2, 0) is 0 Å². The van der Waals surface area contributed by atoms with E-state index in [0.717, 1.165) is 6.42 Å². The Kier molecular flexibility index (Phi) is 3.05. The first-order chi connectivity index (χ1) is 7.66. The Bertz CT molecular complexity index is 397. The molecule has 1 aliphatic heterocycles. The molecular weight excluding hydrogens is 209 g/mol. The van der Waals surface area contributed by atoms with Gasteiger partial charge in [0.1, 0.15) is 5.82 Å². The highest BCUT2D eigenvalue weighted by atomic mass is 19.1. The Labute approximate surface area is 93.2 Å². The minimum absolute atomic E-state index is 0.0337. The summed E-state index contributed by atoms with van der Waals surface area (Å²) in [6.07, 6.45) is 0.796. The van der Waals surface area contributed by atoms with Gasteiger partial charge in [-0.3, -0.25) is 0 Å². The van der Waals surface area contributed by atoms with E-state index < -0.39 is 5.82 Å². The van der Waals surface area contributed by atoms with Crippen LogP contribution in [0.1, 0.15) is 6.42 Å². The van der Waals surface area contributed by atoms with Crippen molar-refractivity contribution in [3.05, 3.63) is 30.1 Å². The zero-order valence-corrected chi connectivity index (χ0v) is 8.82. The smallest absolute Gasteiger partial charge is 0.321 e. The van der Waals surface area contributed by atoms with E-state index in [1.807, 2.05) is 0 Å². The van der Waals surface area contributed by atoms with Crippen LogP contribution in [0.4, 0.5) is 14.9 Å². The second-order valence-electron chi connectivity index (χ2n) is 3.90. The minimum Gasteiger partial charge on any atom is -0.326 e. The van der Waals surface area contributed by atoms with Crippen molar-refractivity contribution in [3.8, 4) is 0 Å². The van der Waals surface area contributed by atoms with E-state index in [1.54, 1.807) is 17.0 Å². The number of likely N-dealkylation sites (tertiary alicyclic amines) is 1. The fraction of sp³-hybridized carbons (Fsp3) is 0.364. The number of hydrogen-bond acceptors (Lipinski definition) is 2. The summed E-state index contributed by atoms with van der Waals surface area (Å²) in [4.78, 5) is 13.3. The molecule has 0 radical (unpaired) electrons. The second kappa shape index (κ2) is 4.49. The van der Waals surface area contributed by atoms with Gasteiger partial charge in [-0.1, -0.05) is 12.1 Å². The first-order valence-electron chi connectivity index (χ1n) is 5.23. The Morgan fingerprint density at radius 2 is 2.25 bits per heavy atom. The molecule has 16 heavy (non-hydrogen) atoms. The molecule has 1 aromatic carbocycles. The number of nitrogens with one attached hydrogen (secondary N) is 1. The zero-order valence-electron chi connectivity index (χ0n) is 8.82. The summed E-state index contributed by atoms with van der Waals surface area (Å²) in [5.41, 5.74) is 5.89. The van der Waals surface area contributed by atoms with Crippen LogP contribution in [0.3, 0.4) is 0 Å². The summed E-state index contributed by atoms with van der Waals surface area (Å²) in [6.45, 7) is 1.15. The summed E-state index contributed by atoms with van der Waals surface area (Å²) in [7, 11) is 0. The fourth-order valence-electron chi connectivity index (χ4n) is 1.73. The summed E-state index contributed by atoms with van der Waals surface area (Å²) in [5, 5.41) is 2.53. The van der Waals surface area contributed by atoms with Crippen molar-refractivity contribution in [2.45, 2.75) is 12.5 Å². The third kappa shape index (κ3) is 2.30. The molecule has 1 heterocycles. The van der Waals surface area contributed by atoms with Crippen molar-refractivity contribution in [2.24, 2.45) is 5.73 Å². The maximum absolute atomic E-state index is 13.3. The lowest BCUT2D eigenvalue weighted by atomic mass is 10.3. The maximum atomic E-state index is 13.3. The third-order valence-electron chi connectivity index (χ3n) is 2.63. The molecule has 0 unspecified atom stereocenters. The van der Waals surface area contributed by atoms with Gasteiger partial charge in [-0.2, -0.15) is 0 Å². The molecule has 3 N–H and O–H groups in total. The van der Waals surface area contributed by atoms with Crippen LogP contribution in [0.15, 0.2) is 24.3 Å². The first-order valence-corrected chi connectivity index (χ1v) is 5.23. The van der Waals surface area contributed by atoms with E-state index in [1.165, 1.54) is 12.1 Å². The summed E-state index contributed by atoms with van der Waals surface area (Å²) < 4.78 is 13.3. The molecule has 0 bridgehead atoms. The molecule has 1 saturated heterocycles. The van der Waals surface area contributed by atoms with E-state index in [2.05, 4.69) is 5.32 Å². The largest absolute Gasteiger partial charge is 0.326 e. The number of anilines is 1. The predicted octanol–water partition coefficient (Wildman–Crippen LogP) is 1.39. The number of rotatable bonds is 1. The van der Waals surface area contributed by atoms with Gasteiger partial charge in [-0.25, -0.2) is 9.18 Å². The Morgan fingerprint density at radius 3 is 2.88 bits per heavy atom. The molecule has 0 saturated carbocycles. The maximum Gasteiger partial charge on any atom is 0.321 e. The molecular formula is C11H14FN3O. The average molecular weight is 223 g/mol. The van der Waals surface area contributed by atoms with Gasteiger partial charge in [0.25, 0.3) is 0 Å². The van der Waals surface area contributed by atoms with Gasteiger partial charge >= 0.3 is 6.03 Å². The molecule has 1 aromatic rings. The molecule has 1 fully saturated rings. The molecule has 2 amide bonds. The number of amides is 2. The monoisotopic (exact) mass is 223 g/mol. The number of carbonyl (C=O) groups is 1. The van der Waals surface area contributed by atoms with Crippen molar-refractivity contribution >= 4 is 11.7 Å². The van der Waals surface area contributed by atoms with Crippen LogP contribution in [0.25, 0.3) is 0 Å². The fourth-order valence-corrected chi connectivity index (χ4v) is 1.73. The number of urea groups is 1. The third-order valence-corrected chi connectivity index (χ3v) is 2.63. The Hall–Kier alpha value is -1.62. The lowest BCUT2D eigenvalue weighted by Gasteiger charge is -2.16. The second-order valence-corrected chi connectivity index (χ2v) is 3.90. The van der Waals surface area contributed by atoms with E-state index in [9.17, 15) is 9.18 Å². The molecule has 86 valence electrons. The summed E-state index contributed by atoms with van der Waals surface area (Å²) in [6, 6.07) is 5.84. The molecule has 2 rings (SSSR count). The van der Waals surface area contributed by atoms with Gasteiger partial charge in [0, 0.05) is 19.1 Å². The molecule has 1 atom stereocenters. The zero-order chi connectivity index (χ0) is 11.5. The van der Waals surface area contributed by atoms with Crippen molar-refractivity contribution < 1.29 is 9.18 Å². The number of nitrogens with zero attached hydrogens (tertiary/aromatic N) is 1. The Morgan fingerprint density at radius 1 is 1.50 bits per heavy atom. The number of carbonyl (C=O) groups excluding carboxylic acids is 1. The van der Waals surface area contributed by atoms with Gasteiger partial charge in [0.2, 0.25) is 0 Å². The van der Waals surface area contributed by atoms with Crippen molar-refractivity contribution in [3.63, 3.8) is 0 Å². The van der Waals surface area contributed by atoms with E-state index in [4.69, 9.17) is 5.73 Å². The van der Waals surface area contributed by atoms with Gasteiger partial charge in [-0.05, 0) is 18.6 Å². The summed E-state index contributed by atoms with van der Waals surface area (Å²) in [5.74, 6) is -0.431. The highest BCUT2D eigenvalue weighted by molar-refractivity contribution is 5.89. The predicted molar refractivity (Wildman–Crippen MR) is 59.6 cm³/mol. The van der Waals surface area contributed by atoms with Crippen LogP contribution in [0.2, 0.25) is 0 Å². The quantitative estimate of drug-likeness (QED) is 0.755. The molecule has 0 spiro atoms. The molecule has 1 aliphatic rings. The Balaban J connectivity index is 2.00. The van der Waals surface area contributed by atoms with Crippen molar-refractivity contribution in [1.29, 1.82) is 0 Å². The van der Waals surface area contributed by atoms with Crippen LogP contribution < -0.4 is 11.1 Å². The highest BCUT2D eigenvalue weighted by Crippen LogP contribution is 2.15. The van der Waals surface area contributed by atoms with Gasteiger partial charge in [0.05, 0.1) is 5.69 Å². The van der Waals surface area contributed by atoms with Crippen LogP contribution in [0.5, 0.6) is 0 Å². The lowest BCUT2D eigenvalue weighted by molar-refractivity contribution is 0.222. The minimum atomic E-state index is -0.431. The lowest BCUT2D eigenvalue weighted by Crippen LogP contribution is -2.35. The number of para-hydroxylation sites is 1. The van der Waals surface area contributed by atoms with Crippen molar-refractivity contribution in [2.75, 3.05) is 18.4 Å². The first kappa shape index (κ1) is 10.9. The van der Waals surface area contributed by atoms with Crippen molar-refractivity contribution in [1.82, 2.24) is 4.90 Å². The topological polar surface area (TPSA) is 58.4 Å². The molecule has 4 nitrogen and oxygen atoms in total.